The second kappa shape index (κ2) is 9.00. The van der Waals surface area contributed by atoms with Crippen molar-refractivity contribution < 1.29 is 23.8 Å². The number of fused-ring (bicyclic) bond motifs is 1. The van der Waals surface area contributed by atoms with Crippen molar-refractivity contribution >= 4 is 11.8 Å². The van der Waals surface area contributed by atoms with Gasteiger partial charge in [-0.3, -0.25) is 9.59 Å². The van der Waals surface area contributed by atoms with Crippen LogP contribution in [-0.4, -0.2) is 87.3 Å². The number of ether oxygens (including phenoxy) is 3. The zero-order valence-corrected chi connectivity index (χ0v) is 17.7. The van der Waals surface area contributed by atoms with E-state index in [1.54, 1.807) is 37.3 Å². The molecule has 2 aliphatic rings. The Morgan fingerprint density at radius 3 is 2.69 bits per heavy atom. The van der Waals surface area contributed by atoms with Gasteiger partial charge in [0.05, 0.1) is 25.8 Å². The number of likely N-dealkylation sites (tertiary alicyclic amines) is 1. The molecule has 1 spiro atoms. The lowest BCUT2D eigenvalue weighted by Crippen LogP contribution is -2.55. The van der Waals surface area contributed by atoms with E-state index in [4.69, 9.17) is 14.2 Å². The molecule has 2 aliphatic heterocycles. The third-order valence-electron chi connectivity index (χ3n) is 5.57. The number of hydrogen-bond donors (Lipinski definition) is 1. The molecule has 1 saturated heterocycles. The average molecular weight is 405 g/mol. The molecule has 2 heterocycles. The predicted molar refractivity (Wildman–Crippen MR) is 108 cm³/mol. The molecule has 1 fully saturated rings. The van der Waals surface area contributed by atoms with Gasteiger partial charge in [0.2, 0.25) is 5.91 Å². The van der Waals surface area contributed by atoms with Gasteiger partial charge in [-0.15, -0.1) is 0 Å². The van der Waals surface area contributed by atoms with Crippen LogP contribution in [0.3, 0.4) is 0 Å². The minimum atomic E-state index is -0.516. The van der Waals surface area contributed by atoms with Gasteiger partial charge in [-0.1, -0.05) is 0 Å². The summed E-state index contributed by atoms with van der Waals surface area (Å²) in [5.74, 6) is 0.754. The van der Waals surface area contributed by atoms with E-state index in [-0.39, 0.29) is 24.4 Å². The van der Waals surface area contributed by atoms with Crippen LogP contribution >= 0.6 is 0 Å². The molecule has 8 nitrogen and oxygen atoms in total. The van der Waals surface area contributed by atoms with Crippen LogP contribution in [0, 0.1) is 0 Å². The molecule has 1 aromatic carbocycles. The number of hydrogen-bond acceptors (Lipinski definition) is 6. The number of rotatable bonds is 6. The van der Waals surface area contributed by atoms with Crippen LogP contribution in [-0.2, 0) is 9.53 Å². The van der Waals surface area contributed by atoms with Crippen LogP contribution < -0.4 is 14.8 Å². The summed E-state index contributed by atoms with van der Waals surface area (Å²) in [7, 11) is 5.25. The first kappa shape index (κ1) is 21.4. The topological polar surface area (TPSA) is 80.3 Å². The Hall–Kier alpha value is -2.32. The van der Waals surface area contributed by atoms with Gasteiger partial charge in [-0.25, -0.2) is 0 Å². The van der Waals surface area contributed by atoms with E-state index in [0.717, 1.165) is 25.9 Å². The molecule has 3 rings (SSSR count). The molecular formula is C21H31N3O5. The molecule has 29 heavy (non-hydrogen) atoms. The Morgan fingerprint density at radius 1 is 1.31 bits per heavy atom. The van der Waals surface area contributed by atoms with Crippen molar-refractivity contribution in [1.82, 2.24) is 15.1 Å². The molecule has 1 unspecified atom stereocenters. The highest BCUT2D eigenvalue weighted by Gasteiger charge is 2.43. The van der Waals surface area contributed by atoms with Crippen molar-refractivity contribution in [2.75, 3.05) is 54.1 Å². The van der Waals surface area contributed by atoms with E-state index < -0.39 is 5.60 Å². The van der Waals surface area contributed by atoms with Crippen molar-refractivity contribution in [2.45, 2.75) is 31.4 Å². The summed E-state index contributed by atoms with van der Waals surface area (Å²) in [4.78, 5) is 29.7. The van der Waals surface area contributed by atoms with Gasteiger partial charge < -0.3 is 29.3 Å². The zero-order valence-electron chi connectivity index (χ0n) is 17.7. The minimum Gasteiger partial charge on any atom is -0.497 e. The molecule has 2 amide bonds. The first-order valence-electron chi connectivity index (χ1n) is 9.99. The molecule has 8 heteroatoms. The summed E-state index contributed by atoms with van der Waals surface area (Å²) in [5.41, 5.74) is -0.0579. The van der Waals surface area contributed by atoms with E-state index in [1.165, 1.54) is 0 Å². The Kier molecular flexibility index (Phi) is 6.64. The molecular weight excluding hydrogens is 374 g/mol. The molecule has 0 radical (unpaired) electrons. The summed E-state index contributed by atoms with van der Waals surface area (Å²) in [6.07, 6.45) is 1.57. The molecule has 0 bridgehead atoms. The van der Waals surface area contributed by atoms with Crippen LogP contribution in [0.4, 0.5) is 0 Å². The van der Waals surface area contributed by atoms with E-state index in [0.29, 0.717) is 30.2 Å². The maximum atomic E-state index is 13.3. The van der Waals surface area contributed by atoms with Crippen molar-refractivity contribution in [2.24, 2.45) is 0 Å². The van der Waals surface area contributed by atoms with Gasteiger partial charge in [-0.05, 0) is 26.1 Å². The summed E-state index contributed by atoms with van der Waals surface area (Å²) in [5, 5.41) is 2.88. The molecule has 1 aromatic rings. The average Bonchev–Trinajstić information content (AvgIpc) is 2.79. The third-order valence-corrected chi connectivity index (χ3v) is 5.57. The number of amides is 2. The van der Waals surface area contributed by atoms with Gasteiger partial charge in [0.1, 0.15) is 23.6 Å². The van der Waals surface area contributed by atoms with Crippen LogP contribution in [0.25, 0.3) is 0 Å². The lowest BCUT2D eigenvalue weighted by atomic mass is 9.90. The largest absolute Gasteiger partial charge is 0.497 e. The number of benzene rings is 1. The monoisotopic (exact) mass is 405 g/mol. The zero-order chi connectivity index (χ0) is 21.0. The van der Waals surface area contributed by atoms with E-state index >= 15 is 0 Å². The lowest BCUT2D eigenvalue weighted by molar-refractivity contribution is -0.123. The predicted octanol–water partition coefficient (Wildman–Crippen LogP) is 1.15. The maximum Gasteiger partial charge on any atom is 0.258 e. The van der Waals surface area contributed by atoms with Crippen molar-refractivity contribution in [3.8, 4) is 11.5 Å². The minimum absolute atomic E-state index is 0.0146. The number of carbonyl (C=O) groups is 2. The number of nitrogens with zero attached hydrogens (tertiary/aromatic N) is 2. The van der Waals surface area contributed by atoms with Crippen molar-refractivity contribution in [3.05, 3.63) is 23.8 Å². The maximum absolute atomic E-state index is 13.3. The van der Waals surface area contributed by atoms with Gasteiger partial charge in [0.15, 0.2) is 0 Å². The molecule has 0 saturated carbocycles. The van der Waals surface area contributed by atoms with Crippen LogP contribution in [0.5, 0.6) is 11.5 Å². The first-order chi connectivity index (χ1) is 13.9. The summed E-state index contributed by atoms with van der Waals surface area (Å²) >= 11 is 0. The normalized spacial score (nSPS) is 19.9. The summed E-state index contributed by atoms with van der Waals surface area (Å²) in [6.45, 7) is 4.40. The molecule has 0 aromatic heterocycles. The first-order valence-corrected chi connectivity index (χ1v) is 9.99. The highest BCUT2D eigenvalue weighted by Crippen LogP contribution is 2.37. The van der Waals surface area contributed by atoms with Crippen LogP contribution in [0.15, 0.2) is 18.2 Å². The van der Waals surface area contributed by atoms with E-state index in [9.17, 15) is 9.59 Å². The lowest BCUT2D eigenvalue weighted by Gasteiger charge is -2.41. The SMILES string of the molecule is COCC(C)NC(=O)CN1CC2(CCN(C)CC2)Oc2cc(OC)ccc2C1=O. The van der Waals surface area contributed by atoms with E-state index in [1.807, 2.05) is 6.92 Å². The molecule has 0 aliphatic carbocycles. The fourth-order valence-electron chi connectivity index (χ4n) is 3.95. The summed E-state index contributed by atoms with van der Waals surface area (Å²) in [6, 6.07) is 5.09. The quantitative estimate of drug-likeness (QED) is 0.765. The van der Waals surface area contributed by atoms with Gasteiger partial charge in [0.25, 0.3) is 5.91 Å². The Bertz CT molecular complexity index is 746. The van der Waals surface area contributed by atoms with Crippen molar-refractivity contribution in [1.29, 1.82) is 0 Å². The van der Waals surface area contributed by atoms with Crippen LogP contribution in [0.2, 0.25) is 0 Å². The van der Waals surface area contributed by atoms with Gasteiger partial charge in [-0.2, -0.15) is 0 Å². The highest BCUT2D eigenvalue weighted by molar-refractivity contribution is 5.99. The van der Waals surface area contributed by atoms with Gasteiger partial charge in [0, 0.05) is 45.1 Å². The number of methoxy groups -OCH3 is 2. The fraction of sp³-hybridized carbons (Fsp3) is 0.619. The highest BCUT2D eigenvalue weighted by atomic mass is 16.5. The Morgan fingerprint density at radius 2 is 2.03 bits per heavy atom. The van der Waals surface area contributed by atoms with Crippen molar-refractivity contribution in [3.63, 3.8) is 0 Å². The molecule has 1 atom stereocenters. The summed E-state index contributed by atoms with van der Waals surface area (Å²) < 4.78 is 16.8. The second-order valence-electron chi connectivity index (χ2n) is 8.04. The van der Waals surface area contributed by atoms with E-state index in [2.05, 4.69) is 17.3 Å². The third kappa shape index (κ3) is 5.00. The number of nitrogens with one attached hydrogen (secondary N) is 1. The Balaban J connectivity index is 1.87. The number of piperidine rings is 1. The molecule has 1 N–H and O–H groups in total. The number of carbonyl (C=O) groups excluding carboxylic acids is 2. The standard InChI is InChI=1S/C21H31N3O5/c1-15(13-27-3)22-19(25)12-24-14-21(7-9-23(2)10-8-21)29-18-11-16(28-4)5-6-17(18)20(24)26/h5-6,11,15H,7-10,12-14H2,1-4H3,(H,22,25). The Labute approximate surface area is 172 Å². The van der Waals surface area contributed by atoms with Gasteiger partial charge >= 0.3 is 0 Å². The van der Waals surface area contributed by atoms with Crippen LogP contribution in [0.1, 0.15) is 30.1 Å². The molecule has 160 valence electrons. The second-order valence-corrected chi connectivity index (χ2v) is 8.04. The smallest absolute Gasteiger partial charge is 0.258 e. The fourth-order valence-corrected chi connectivity index (χ4v) is 3.95.